The molecule has 0 radical (unpaired) electrons. The highest BCUT2D eigenvalue weighted by Gasteiger charge is 2.41. The van der Waals surface area contributed by atoms with Gasteiger partial charge in [0.25, 0.3) is 23.6 Å². The Morgan fingerprint density at radius 2 is 0.734 bits per heavy atom. The number of fused-ring (bicyclic) bond motifs is 9. The van der Waals surface area contributed by atoms with Crippen LogP contribution in [0.3, 0.4) is 0 Å². The summed E-state index contributed by atoms with van der Waals surface area (Å²) in [7, 11) is 0. The van der Waals surface area contributed by atoms with Crippen LogP contribution in [0.15, 0.2) is 279 Å². The number of carboxylic acids is 1. The maximum Gasteiger partial charge on any atom is 0.343 e. The second-order valence-corrected chi connectivity index (χ2v) is 32.0. The number of carbonyl (C=O) groups excluding carboxylic acids is 6. The van der Waals surface area contributed by atoms with Crippen LogP contribution >= 0.6 is 92.8 Å². The van der Waals surface area contributed by atoms with Gasteiger partial charge in [-0.25, -0.2) is 39.2 Å². The number of carbonyl (C=O) groups is 7. The van der Waals surface area contributed by atoms with Gasteiger partial charge >= 0.3 is 5.97 Å². The molecule has 128 heavy (non-hydrogen) atoms. The van der Waals surface area contributed by atoms with Gasteiger partial charge in [-0.05, 0) is 130 Å². The van der Waals surface area contributed by atoms with Gasteiger partial charge in [0.15, 0.2) is 23.0 Å². The number of ketones is 2. The number of benzene rings is 10. The third kappa shape index (κ3) is 20.0. The number of para-hydroxylation sites is 5. The second-order valence-electron chi connectivity index (χ2n) is 28.9. The molecule has 644 valence electrons. The van der Waals surface area contributed by atoms with Crippen LogP contribution in [0.5, 0.6) is 0 Å². The zero-order chi connectivity index (χ0) is 89.5. The number of hydrogen-bond donors (Lipinski definition) is 4. The van der Waals surface area contributed by atoms with E-state index in [2.05, 4.69) is 31.1 Å². The Kier molecular flexibility index (Phi) is 30.3. The Labute approximate surface area is 775 Å². The summed E-state index contributed by atoms with van der Waals surface area (Å²) in [6.07, 6.45) is 2.50. The Balaban J connectivity index is 0.000000139. The smallest absolute Gasteiger partial charge is 0.343 e. The van der Waals surface area contributed by atoms with E-state index in [1.165, 1.54) is 20.5 Å². The summed E-state index contributed by atoms with van der Waals surface area (Å²) in [5.41, 5.74) is 24.7. The number of rotatable bonds is 9. The van der Waals surface area contributed by atoms with Crippen molar-refractivity contribution in [2.45, 2.75) is 73.2 Å². The molecule has 1 aliphatic carbocycles. The average Bonchev–Trinajstić information content (AvgIpc) is 1.73. The van der Waals surface area contributed by atoms with E-state index < -0.39 is 24.2 Å². The van der Waals surface area contributed by atoms with Crippen LogP contribution in [0.1, 0.15) is 168 Å². The van der Waals surface area contributed by atoms with E-state index in [1.807, 2.05) is 159 Å². The van der Waals surface area contributed by atoms with Crippen molar-refractivity contribution >= 4 is 200 Å². The molecule has 29 heteroatoms. The van der Waals surface area contributed by atoms with E-state index in [1.54, 1.807) is 135 Å². The Morgan fingerprint density at radius 3 is 1.14 bits per heavy atom. The van der Waals surface area contributed by atoms with Crippen molar-refractivity contribution in [3.05, 3.63) is 381 Å². The number of aromatic nitrogens is 8. The number of aliphatic hydroxyl groups is 1. The van der Waals surface area contributed by atoms with Gasteiger partial charge in [0.05, 0.1) is 111 Å². The number of nitrogen functional groups attached to an aromatic ring is 1. The monoisotopic (exact) mass is 1860 g/mol. The second kappa shape index (κ2) is 41.2. The number of hydrogen-bond acceptors (Lipinski definition) is 17. The first-order valence-corrected chi connectivity index (χ1v) is 41.9. The fraction of sp³-hybridized carbons (Fsp3) is 0.111. The first-order chi connectivity index (χ1) is 60.6. The summed E-state index contributed by atoms with van der Waals surface area (Å²) >= 11 is 48.7. The molecule has 17 aromatic rings. The molecule has 4 atom stereocenters. The predicted octanol–water partition coefficient (Wildman–Crippen LogP) is 25.3. The molecule has 2 aliphatic heterocycles. The average molecular weight is 1860 g/mol. The summed E-state index contributed by atoms with van der Waals surface area (Å²) in [6, 6.07) is 80.3. The van der Waals surface area contributed by atoms with Gasteiger partial charge in [-0.2, -0.15) is 0 Å². The molecule has 0 spiro atoms. The molecule has 10 aromatic carbocycles. The minimum Gasteiger partial charge on any atom is -0.477 e. The fourth-order valence-electron chi connectivity index (χ4n) is 14.5. The minimum absolute atomic E-state index is 0. The molecule has 3 aliphatic rings. The lowest BCUT2D eigenvalue weighted by Gasteiger charge is -2.25. The van der Waals surface area contributed by atoms with Gasteiger partial charge in [-0.3, -0.25) is 38.6 Å². The summed E-state index contributed by atoms with van der Waals surface area (Å²) in [5.74, 6) is -2.46. The number of aromatic carboxylic acids is 1. The maximum atomic E-state index is 13.1. The van der Waals surface area contributed by atoms with Gasteiger partial charge in [-0.1, -0.05) is 278 Å². The van der Waals surface area contributed by atoms with Crippen LogP contribution < -0.4 is 11.5 Å². The molecule has 7 aromatic heterocycles. The number of nitrogens with two attached hydrogens (primary N) is 2. The van der Waals surface area contributed by atoms with Crippen molar-refractivity contribution in [3.63, 3.8) is 0 Å². The molecule has 0 saturated carbocycles. The minimum atomic E-state index is -1.12. The number of imide groups is 2. The summed E-state index contributed by atoms with van der Waals surface area (Å²) in [6.45, 7) is 7.25. The molecule has 0 fully saturated rings. The van der Waals surface area contributed by atoms with Crippen LogP contribution in [-0.4, -0.2) is 101 Å². The first kappa shape index (κ1) is 94.1. The zero-order valence-electron chi connectivity index (χ0n) is 67.0. The van der Waals surface area contributed by atoms with Gasteiger partial charge in [-0.15, -0.1) is 5.10 Å². The lowest BCUT2D eigenvalue weighted by molar-refractivity contribution is 0.0579. The molecule has 6 N–H and O–H groups in total. The van der Waals surface area contributed by atoms with Gasteiger partial charge in [0.2, 0.25) is 0 Å². The molecule has 9 heterocycles. The van der Waals surface area contributed by atoms with Crippen molar-refractivity contribution < 1.29 is 43.8 Å². The van der Waals surface area contributed by atoms with Crippen LogP contribution in [0.4, 0.5) is 5.82 Å². The number of halogens is 8. The lowest BCUT2D eigenvalue weighted by atomic mass is 9.97. The Morgan fingerprint density at radius 1 is 0.391 bits per heavy atom. The molecule has 20 rings (SSSR count). The summed E-state index contributed by atoms with van der Waals surface area (Å²) < 4.78 is 1.33. The van der Waals surface area contributed by atoms with E-state index in [0.717, 1.165) is 65.9 Å². The number of amides is 4. The third-order valence-corrected chi connectivity index (χ3v) is 23.0. The van der Waals surface area contributed by atoms with Crippen LogP contribution in [0.25, 0.3) is 82.7 Å². The van der Waals surface area contributed by atoms with Crippen molar-refractivity contribution in [1.29, 1.82) is 0 Å². The highest BCUT2D eigenvalue weighted by molar-refractivity contribution is 6.38. The van der Waals surface area contributed by atoms with Crippen molar-refractivity contribution in [3.8, 4) is 22.5 Å². The van der Waals surface area contributed by atoms with E-state index in [4.69, 9.17) is 119 Å². The van der Waals surface area contributed by atoms with Crippen LogP contribution in [-0.2, 0) is 0 Å². The molecule has 4 unspecified atom stereocenters. The molecule has 4 amide bonds. The highest BCUT2D eigenvalue weighted by atomic mass is 35.5. The number of carboxylic acid groups (broad SMARTS) is 1. The predicted molar refractivity (Wildman–Crippen MR) is 511 cm³/mol. The topological polar surface area (TPSA) is 313 Å². The third-order valence-electron chi connectivity index (χ3n) is 20.7. The number of nitrogens with zero attached hydrogens (tertiary/aromatic N) is 10. The van der Waals surface area contributed by atoms with Gasteiger partial charge < -0.3 is 21.7 Å². The van der Waals surface area contributed by atoms with Gasteiger partial charge in [0, 0.05) is 84.3 Å². The van der Waals surface area contributed by atoms with Crippen molar-refractivity contribution in [2.75, 3.05) is 5.73 Å². The standard InChI is InChI=1S/C25H17ClN2O2.C19H12Cl2N2O2.C17H15ClN2.C11H9Cl2NO.C9H5Cl2N.C9H6O2.C7H6N4O2.2CH4/c1-15(28-24(29)18-11-5-6-12-19(18)25(28)30)20-14-17-10-7-13-21(26)23(17)27-22(20)16-8-3-2-4-9-16;1-10(23-18(24)12-6-2-3-7-13(12)19(23)25)14-9-11-5-4-8-15(20)16(11)22-17(14)21;1-11(19)14-10-13-8-5-9-15(18)17(13)20-16(14)12-6-3-2-4-7-12;1-6(15)8-5-7-3-2-4-9(12)10(7)14-11(8)13;10-7-3-1-2-6-4-5-8(11)12-9(6)7;10-8-5-9(11)7-4-2-1-3-6(7)8;8-5-4(7(12)13)6-9-2-1-3-11(6)10-5;;/h2-15H,1H3;2-10H,1H3;2-11H,19H2,1H3;2-6,15H,1H3;1-5H;1-4H,5H2;1-3H,(H2,8,10)(H,12,13);2*1H4. The summed E-state index contributed by atoms with van der Waals surface area (Å²) in [5, 5.41) is 30.5. The zero-order valence-corrected chi connectivity index (χ0v) is 73.0. The molecule has 0 saturated heterocycles. The van der Waals surface area contributed by atoms with E-state index in [-0.39, 0.29) is 84.7 Å². The number of Topliss-reactive ketones (excluding diaryl/α,β-unsaturated/α-hetero) is 2. The van der Waals surface area contributed by atoms with Crippen molar-refractivity contribution in [1.82, 2.24) is 49.3 Å². The Bertz CT molecular complexity index is 7070. The van der Waals surface area contributed by atoms with E-state index >= 15 is 0 Å². The number of anilines is 1. The largest absolute Gasteiger partial charge is 0.477 e. The Hall–Kier alpha value is -13.0. The molecular formula is C99H78Cl8N12O9. The molecular weight excluding hydrogens is 1780 g/mol. The van der Waals surface area contributed by atoms with Gasteiger partial charge in [0.1, 0.15) is 21.0 Å². The van der Waals surface area contributed by atoms with E-state index in [0.29, 0.717) is 102 Å². The fourth-order valence-corrected chi connectivity index (χ4v) is 16.3. The summed E-state index contributed by atoms with van der Waals surface area (Å²) in [4.78, 5) is 113. The van der Waals surface area contributed by atoms with Crippen LogP contribution in [0, 0.1) is 0 Å². The lowest BCUT2D eigenvalue weighted by Crippen LogP contribution is -2.33. The maximum absolute atomic E-state index is 13.1. The number of aliphatic hydroxyl groups excluding tert-OH is 1. The highest BCUT2D eigenvalue weighted by Crippen LogP contribution is 2.41. The first-order valence-electron chi connectivity index (χ1n) is 38.9. The SMILES string of the molecule is C.C.CC(N)c1cc2cccc(Cl)c2nc1-c1ccccc1.CC(O)c1cc2cccc(Cl)c2nc1Cl.CC(c1cc2cccc(Cl)c2nc1-c1ccccc1)N1C(=O)c2ccccc2C1=O.CC(c1cc2cccc(Cl)c2nc1Cl)N1C(=O)c2ccccc2C1=O.Clc1ccc2cccc(Cl)c2n1.Nc1nn2cccnc2c1C(=O)O.O=C1CC(=O)c2ccccc21. The van der Waals surface area contributed by atoms with Crippen molar-refractivity contribution in [2.24, 2.45) is 5.73 Å². The molecule has 21 nitrogen and oxygen atoms in total. The van der Waals surface area contributed by atoms with E-state index in [9.17, 15) is 38.7 Å². The van der Waals surface area contributed by atoms with Crippen LogP contribution in [0.2, 0.25) is 40.6 Å². The number of pyridine rings is 5. The quantitative estimate of drug-likeness (QED) is 0.0593. The normalized spacial score (nSPS) is 13.1. The molecule has 0 bridgehead atoms.